The third kappa shape index (κ3) is 5.45. The van der Waals surface area contributed by atoms with Gasteiger partial charge in [0.25, 0.3) is 5.91 Å². The molecule has 1 aliphatic rings. The normalized spacial score (nSPS) is 16.3. The molecule has 1 amide bonds. The average molecular weight is 325 g/mol. The zero-order valence-corrected chi connectivity index (χ0v) is 13.6. The van der Waals surface area contributed by atoms with Crippen LogP contribution >= 0.6 is 0 Å². The number of ether oxygens (including phenoxy) is 2. The third-order valence-corrected chi connectivity index (χ3v) is 3.38. The number of aliphatic hydroxyl groups is 1. The van der Waals surface area contributed by atoms with E-state index in [2.05, 4.69) is 0 Å². The first-order valence-corrected chi connectivity index (χ1v) is 7.34. The molecular formula is C16H23NO6. The van der Waals surface area contributed by atoms with E-state index >= 15 is 0 Å². The number of aliphatic carboxylic acids is 1. The molecular weight excluding hydrogens is 302 g/mol. The van der Waals surface area contributed by atoms with Crippen molar-refractivity contribution in [3.8, 4) is 11.5 Å². The van der Waals surface area contributed by atoms with Crippen molar-refractivity contribution in [2.24, 2.45) is 0 Å². The summed E-state index contributed by atoms with van der Waals surface area (Å²) in [5.74, 6) is 0.288. The van der Waals surface area contributed by atoms with Gasteiger partial charge in [0.05, 0.1) is 20.3 Å². The summed E-state index contributed by atoms with van der Waals surface area (Å²) in [7, 11) is 3.09. The van der Waals surface area contributed by atoms with Crippen LogP contribution in [0, 0.1) is 0 Å². The number of carbonyl (C=O) groups excluding carboxylic acids is 1. The molecule has 0 radical (unpaired) electrons. The summed E-state index contributed by atoms with van der Waals surface area (Å²) in [4.78, 5) is 23.2. The Morgan fingerprint density at radius 2 is 1.87 bits per heavy atom. The number of benzene rings is 1. The number of carboxylic acids is 1. The Bertz CT molecular complexity index is 545. The van der Waals surface area contributed by atoms with E-state index in [1.807, 2.05) is 0 Å². The van der Waals surface area contributed by atoms with Gasteiger partial charge in [-0.3, -0.25) is 9.59 Å². The molecule has 1 aliphatic heterocycles. The first kappa shape index (κ1) is 18.8. The van der Waals surface area contributed by atoms with Crippen molar-refractivity contribution in [1.82, 2.24) is 4.90 Å². The van der Waals surface area contributed by atoms with Crippen LogP contribution in [0.1, 0.15) is 30.1 Å². The van der Waals surface area contributed by atoms with Gasteiger partial charge in [0.2, 0.25) is 0 Å². The van der Waals surface area contributed by atoms with Crippen LogP contribution in [0.3, 0.4) is 0 Å². The number of rotatable bonds is 4. The summed E-state index contributed by atoms with van der Waals surface area (Å²) in [6.45, 7) is 2.59. The number of hydrogen-bond donors (Lipinski definition) is 2. The van der Waals surface area contributed by atoms with Gasteiger partial charge in [0.15, 0.2) is 11.5 Å². The first-order valence-electron chi connectivity index (χ1n) is 7.34. The number of methoxy groups -OCH3 is 2. The summed E-state index contributed by atoms with van der Waals surface area (Å²) < 4.78 is 10.3. The fraction of sp³-hybridized carbons (Fsp3) is 0.500. The Balaban J connectivity index is 0.000000463. The van der Waals surface area contributed by atoms with Crippen LogP contribution < -0.4 is 9.47 Å². The quantitative estimate of drug-likeness (QED) is 0.868. The standard InChI is InChI=1S/C13H17NO4.C3H6O2/c1-17-11-4-3-9(7-12(11)18-2)13(16)14-6-5-10(15)8-14;1-2-3(4)5/h3-4,7,10,15H,5-6,8H2,1-2H3;2H2,1H3,(H,4,5). The van der Waals surface area contributed by atoms with E-state index in [9.17, 15) is 14.7 Å². The molecule has 1 aromatic rings. The summed E-state index contributed by atoms with van der Waals surface area (Å²) in [5.41, 5.74) is 0.543. The van der Waals surface area contributed by atoms with Crippen LogP contribution in [0.4, 0.5) is 0 Å². The summed E-state index contributed by atoms with van der Waals surface area (Å²) in [6, 6.07) is 5.07. The Hall–Kier alpha value is -2.28. The highest BCUT2D eigenvalue weighted by molar-refractivity contribution is 5.95. The number of amides is 1. The molecule has 0 spiro atoms. The molecule has 1 atom stereocenters. The molecule has 1 heterocycles. The lowest BCUT2D eigenvalue weighted by Crippen LogP contribution is -2.29. The van der Waals surface area contributed by atoms with E-state index in [1.165, 1.54) is 7.11 Å². The van der Waals surface area contributed by atoms with Crippen LogP contribution in [-0.2, 0) is 4.79 Å². The number of carbonyl (C=O) groups is 2. The predicted octanol–water partition coefficient (Wildman–Crippen LogP) is 1.39. The lowest BCUT2D eigenvalue weighted by atomic mass is 10.2. The molecule has 1 saturated heterocycles. The van der Waals surface area contributed by atoms with Crippen LogP contribution in [0.2, 0.25) is 0 Å². The summed E-state index contributed by atoms with van der Waals surface area (Å²) in [6.07, 6.45) is 0.452. The number of β-amino-alcohol motifs (C(OH)–C–C–N with tert-alkyl or cyclic N) is 1. The molecule has 1 unspecified atom stereocenters. The predicted molar refractivity (Wildman–Crippen MR) is 84.0 cm³/mol. The number of likely N-dealkylation sites (tertiary alicyclic amines) is 1. The molecule has 2 rings (SSSR count). The average Bonchev–Trinajstić information content (AvgIpc) is 3.00. The topological polar surface area (TPSA) is 96.3 Å². The fourth-order valence-corrected chi connectivity index (χ4v) is 2.08. The van der Waals surface area contributed by atoms with Gasteiger partial charge >= 0.3 is 5.97 Å². The molecule has 7 heteroatoms. The van der Waals surface area contributed by atoms with Crippen LogP contribution in [-0.4, -0.2) is 60.4 Å². The maximum Gasteiger partial charge on any atom is 0.303 e. The maximum atomic E-state index is 12.2. The number of carboxylic acid groups (broad SMARTS) is 1. The van der Waals surface area contributed by atoms with Crippen molar-refractivity contribution < 1.29 is 29.3 Å². The zero-order valence-electron chi connectivity index (χ0n) is 13.6. The van der Waals surface area contributed by atoms with Gasteiger partial charge in [-0.25, -0.2) is 0 Å². The van der Waals surface area contributed by atoms with Crippen molar-refractivity contribution >= 4 is 11.9 Å². The van der Waals surface area contributed by atoms with Gasteiger partial charge in [0.1, 0.15) is 0 Å². The Morgan fingerprint density at radius 3 is 2.30 bits per heavy atom. The van der Waals surface area contributed by atoms with E-state index in [0.717, 1.165) is 0 Å². The third-order valence-electron chi connectivity index (χ3n) is 3.38. The van der Waals surface area contributed by atoms with Crippen molar-refractivity contribution in [3.63, 3.8) is 0 Å². The second-order valence-corrected chi connectivity index (χ2v) is 5.01. The van der Waals surface area contributed by atoms with E-state index < -0.39 is 12.1 Å². The van der Waals surface area contributed by atoms with Gasteiger partial charge in [-0.2, -0.15) is 0 Å². The van der Waals surface area contributed by atoms with Crippen LogP contribution in [0.5, 0.6) is 11.5 Å². The molecule has 23 heavy (non-hydrogen) atoms. The molecule has 1 aromatic carbocycles. The largest absolute Gasteiger partial charge is 0.493 e. The van der Waals surface area contributed by atoms with E-state index in [4.69, 9.17) is 14.6 Å². The Kier molecular flexibility index (Phi) is 7.34. The van der Waals surface area contributed by atoms with E-state index in [-0.39, 0.29) is 12.3 Å². The number of aliphatic hydroxyl groups excluding tert-OH is 1. The molecule has 1 fully saturated rings. The van der Waals surface area contributed by atoms with Crippen LogP contribution in [0.25, 0.3) is 0 Å². The smallest absolute Gasteiger partial charge is 0.303 e. The second kappa shape index (κ2) is 8.99. The Labute approximate surface area is 135 Å². The molecule has 0 bridgehead atoms. The summed E-state index contributed by atoms with van der Waals surface area (Å²) >= 11 is 0. The van der Waals surface area contributed by atoms with Gasteiger partial charge in [0, 0.05) is 25.1 Å². The fourth-order valence-electron chi connectivity index (χ4n) is 2.08. The number of nitrogens with zero attached hydrogens (tertiary/aromatic N) is 1. The van der Waals surface area contributed by atoms with Crippen molar-refractivity contribution in [1.29, 1.82) is 0 Å². The van der Waals surface area contributed by atoms with Crippen molar-refractivity contribution in [2.75, 3.05) is 27.3 Å². The zero-order chi connectivity index (χ0) is 17.4. The molecule has 0 aromatic heterocycles. The van der Waals surface area contributed by atoms with Crippen LogP contribution in [0.15, 0.2) is 18.2 Å². The van der Waals surface area contributed by atoms with Gasteiger partial charge < -0.3 is 24.6 Å². The first-order chi connectivity index (χ1) is 10.9. The molecule has 2 N–H and O–H groups in total. The SMILES string of the molecule is CCC(=O)O.COc1ccc(C(=O)N2CCC(O)C2)cc1OC. The minimum absolute atomic E-state index is 0.0903. The molecule has 0 aliphatic carbocycles. The van der Waals surface area contributed by atoms with Crippen molar-refractivity contribution in [3.05, 3.63) is 23.8 Å². The lowest BCUT2D eigenvalue weighted by Gasteiger charge is -2.16. The molecule has 128 valence electrons. The van der Waals surface area contributed by atoms with E-state index in [1.54, 1.807) is 37.1 Å². The molecule has 0 saturated carbocycles. The molecule has 7 nitrogen and oxygen atoms in total. The Morgan fingerprint density at radius 1 is 1.26 bits per heavy atom. The van der Waals surface area contributed by atoms with Gasteiger partial charge in [-0.15, -0.1) is 0 Å². The van der Waals surface area contributed by atoms with Gasteiger partial charge in [-0.05, 0) is 24.6 Å². The second-order valence-electron chi connectivity index (χ2n) is 5.01. The minimum atomic E-state index is -0.745. The highest BCUT2D eigenvalue weighted by Gasteiger charge is 2.25. The van der Waals surface area contributed by atoms with Crippen molar-refractivity contribution in [2.45, 2.75) is 25.9 Å². The highest BCUT2D eigenvalue weighted by atomic mass is 16.5. The lowest BCUT2D eigenvalue weighted by molar-refractivity contribution is -0.136. The van der Waals surface area contributed by atoms with Gasteiger partial charge in [-0.1, -0.05) is 6.92 Å². The monoisotopic (exact) mass is 325 g/mol. The minimum Gasteiger partial charge on any atom is -0.493 e. The highest BCUT2D eigenvalue weighted by Crippen LogP contribution is 2.28. The number of hydrogen-bond acceptors (Lipinski definition) is 5. The van der Waals surface area contributed by atoms with E-state index in [0.29, 0.717) is 36.6 Å². The summed E-state index contributed by atoms with van der Waals surface area (Å²) in [5, 5.41) is 17.2. The maximum absolute atomic E-state index is 12.2.